The first kappa shape index (κ1) is 15.2. The summed E-state index contributed by atoms with van der Waals surface area (Å²) in [6.45, 7) is 8.74. The van der Waals surface area contributed by atoms with E-state index in [2.05, 4.69) is 29.4 Å². The summed E-state index contributed by atoms with van der Waals surface area (Å²) >= 11 is 0. The molecule has 0 fully saturated rings. The lowest BCUT2D eigenvalue weighted by atomic mass is 10.1. The van der Waals surface area contributed by atoms with E-state index in [9.17, 15) is 0 Å². The molecule has 0 aliphatic heterocycles. The Bertz CT molecular complexity index is 618. The summed E-state index contributed by atoms with van der Waals surface area (Å²) in [7, 11) is 0. The molecule has 2 rings (SSSR count). The first-order valence-electron chi connectivity index (χ1n) is 7.09. The zero-order valence-corrected chi connectivity index (χ0v) is 13.1. The third-order valence-corrected chi connectivity index (χ3v) is 3.01. The Morgan fingerprint density at radius 3 is 2.52 bits per heavy atom. The fourth-order valence-electron chi connectivity index (χ4n) is 1.92. The molecule has 0 saturated carbocycles. The van der Waals surface area contributed by atoms with Crippen molar-refractivity contribution in [1.82, 2.24) is 4.98 Å². The van der Waals surface area contributed by atoms with E-state index in [-0.39, 0.29) is 5.60 Å². The first-order chi connectivity index (χ1) is 9.85. The van der Waals surface area contributed by atoms with Crippen LogP contribution in [0.5, 0.6) is 5.88 Å². The maximum absolute atomic E-state index is 5.91. The fraction of sp³-hybridized carbons (Fsp3) is 0.353. The van der Waals surface area contributed by atoms with Gasteiger partial charge in [0, 0.05) is 6.54 Å². The third kappa shape index (κ3) is 4.38. The Labute approximate surface area is 126 Å². The molecule has 3 N–H and O–H groups in total. The minimum atomic E-state index is -0.324. The molecule has 0 unspecified atom stereocenters. The van der Waals surface area contributed by atoms with Gasteiger partial charge in [-0.1, -0.05) is 24.3 Å². The molecule has 1 aromatic heterocycles. The highest BCUT2D eigenvalue weighted by atomic mass is 16.5. The van der Waals surface area contributed by atoms with Gasteiger partial charge in [0.25, 0.3) is 0 Å². The molecule has 112 valence electrons. The lowest BCUT2D eigenvalue weighted by Crippen LogP contribution is -2.24. The number of benzene rings is 1. The molecule has 4 nitrogen and oxygen atoms in total. The number of anilines is 2. The van der Waals surface area contributed by atoms with Gasteiger partial charge < -0.3 is 15.8 Å². The Kier molecular flexibility index (Phi) is 4.36. The average Bonchev–Trinajstić information content (AvgIpc) is 2.39. The van der Waals surface area contributed by atoms with E-state index in [4.69, 9.17) is 10.5 Å². The highest BCUT2D eigenvalue weighted by Gasteiger charge is 2.15. The topological polar surface area (TPSA) is 60.2 Å². The molecule has 4 heteroatoms. The van der Waals surface area contributed by atoms with E-state index < -0.39 is 0 Å². The van der Waals surface area contributed by atoms with Gasteiger partial charge in [0.1, 0.15) is 11.4 Å². The predicted molar refractivity (Wildman–Crippen MR) is 87.5 cm³/mol. The number of aryl methyl sites for hydroxylation is 1. The maximum atomic E-state index is 5.91. The van der Waals surface area contributed by atoms with Crippen molar-refractivity contribution in [2.75, 3.05) is 11.1 Å². The monoisotopic (exact) mass is 285 g/mol. The average molecular weight is 285 g/mol. The van der Waals surface area contributed by atoms with Crippen LogP contribution >= 0.6 is 0 Å². The summed E-state index contributed by atoms with van der Waals surface area (Å²) in [5.74, 6) is 1.23. The van der Waals surface area contributed by atoms with Crippen LogP contribution in [0.4, 0.5) is 11.5 Å². The van der Waals surface area contributed by atoms with Crippen LogP contribution < -0.4 is 15.8 Å². The lowest BCUT2D eigenvalue weighted by molar-refractivity contribution is 0.125. The summed E-state index contributed by atoms with van der Waals surface area (Å²) in [6.07, 6.45) is 0. The maximum Gasteiger partial charge on any atom is 0.239 e. The Hall–Kier alpha value is -2.23. The number of hydrogen-bond donors (Lipinski definition) is 2. The van der Waals surface area contributed by atoms with E-state index in [0.717, 1.165) is 12.4 Å². The summed E-state index contributed by atoms with van der Waals surface area (Å²) in [5.41, 5.74) is 8.64. The van der Waals surface area contributed by atoms with Crippen LogP contribution in [0.25, 0.3) is 0 Å². The van der Waals surface area contributed by atoms with Crippen LogP contribution in [0, 0.1) is 6.92 Å². The predicted octanol–water partition coefficient (Wildman–Crippen LogP) is 3.76. The van der Waals surface area contributed by atoms with E-state index in [1.807, 2.05) is 45.0 Å². The number of nitrogens with zero attached hydrogens (tertiary/aromatic N) is 1. The lowest BCUT2D eigenvalue weighted by Gasteiger charge is -2.21. The smallest absolute Gasteiger partial charge is 0.239 e. The van der Waals surface area contributed by atoms with Gasteiger partial charge in [-0.2, -0.15) is 4.98 Å². The number of hydrogen-bond acceptors (Lipinski definition) is 4. The van der Waals surface area contributed by atoms with E-state index in [0.29, 0.717) is 11.6 Å². The zero-order valence-electron chi connectivity index (χ0n) is 13.1. The summed E-state index contributed by atoms with van der Waals surface area (Å²) in [4.78, 5) is 4.44. The van der Waals surface area contributed by atoms with Gasteiger partial charge in [-0.15, -0.1) is 0 Å². The number of nitrogens with two attached hydrogens (primary N) is 1. The van der Waals surface area contributed by atoms with Gasteiger partial charge in [0.2, 0.25) is 5.88 Å². The third-order valence-electron chi connectivity index (χ3n) is 3.01. The van der Waals surface area contributed by atoms with E-state index in [1.165, 1.54) is 11.1 Å². The zero-order chi connectivity index (χ0) is 15.5. The van der Waals surface area contributed by atoms with E-state index >= 15 is 0 Å². The molecule has 0 bridgehead atoms. The highest BCUT2D eigenvalue weighted by Crippen LogP contribution is 2.25. The molecule has 0 spiro atoms. The van der Waals surface area contributed by atoms with Gasteiger partial charge in [-0.05, 0) is 51.0 Å². The van der Waals surface area contributed by atoms with Crippen LogP contribution in [0.1, 0.15) is 31.9 Å². The molecule has 1 aromatic carbocycles. The van der Waals surface area contributed by atoms with Crippen LogP contribution in [0.2, 0.25) is 0 Å². The number of rotatable bonds is 4. The first-order valence-corrected chi connectivity index (χ1v) is 7.09. The van der Waals surface area contributed by atoms with Crippen molar-refractivity contribution in [2.45, 2.75) is 39.8 Å². The molecule has 21 heavy (non-hydrogen) atoms. The summed E-state index contributed by atoms with van der Waals surface area (Å²) in [6, 6.07) is 12.0. The van der Waals surface area contributed by atoms with Gasteiger partial charge >= 0.3 is 0 Å². The van der Waals surface area contributed by atoms with Gasteiger partial charge in [0.15, 0.2) is 0 Å². The van der Waals surface area contributed by atoms with Crippen molar-refractivity contribution in [2.24, 2.45) is 0 Å². The second-order valence-corrected chi connectivity index (χ2v) is 6.09. The number of aromatic nitrogens is 1. The molecule has 1 heterocycles. The van der Waals surface area contributed by atoms with Crippen LogP contribution in [-0.2, 0) is 6.54 Å². The molecule has 0 aliphatic rings. The van der Waals surface area contributed by atoms with Crippen molar-refractivity contribution in [3.8, 4) is 5.88 Å². The second-order valence-electron chi connectivity index (χ2n) is 6.09. The SMILES string of the molecule is Cc1ccccc1CNc1ccc(N)c(OC(C)(C)C)n1. The quantitative estimate of drug-likeness (QED) is 0.898. The molecule has 2 aromatic rings. The van der Waals surface area contributed by atoms with Crippen LogP contribution in [0.15, 0.2) is 36.4 Å². The van der Waals surface area contributed by atoms with Gasteiger partial charge in [-0.3, -0.25) is 0 Å². The standard InChI is InChI=1S/C17H23N3O/c1-12-7-5-6-8-13(12)11-19-15-10-9-14(18)16(20-15)21-17(2,3)4/h5-10H,11,18H2,1-4H3,(H,19,20). The summed E-state index contributed by atoms with van der Waals surface area (Å²) in [5, 5.41) is 3.31. The fourth-order valence-corrected chi connectivity index (χ4v) is 1.92. The summed E-state index contributed by atoms with van der Waals surface area (Å²) < 4.78 is 5.77. The van der Waals surface area contributed by atoms with Crippen molar-refractivity contribution >= 4 is 11.5 Å². The Morgan fingerprint density at radius 1 is 1.14 bits per heavy atom. The van der Waals surface area contributed by atoms with Crippen molar-refractivity contribution < 1.29 is 4.74 Å². The number of pyridine rings is 1. The van der Waals surface area contributed by atoms with Gasteiger partial charge in [-0.25, -0.2) is 0 Å². The van der Waals surface area contributed by atoms with Crippen LogP contribution in [-0.4, -0.2) is 10.6 Å². The largest absolute Gasteiger partial charge is 0.470 e. The number of ether oxygens (including phenoxy) is 1. The molecule has 0 atom stereocenters. The minimum Gasteiger partial charge on any atom is -0.470 e. The molecule has 0 aliphatic carbocycles. The highest BCUT2D eigenvalue weighted by molar-refractivity contribution is 5.54. The molecule has 0 radical (unpaired) electrons. The molecular weight excluding hydrogens is 262 g/mol. The van der Waals surface area contributed by atoms with E-state index in [1.54, 1.807) is 0 Å². The minimum absolute atomic E-state index is 0.324. The van der Waals surface area contributed by atoms with Crippen molar-refractivity contribution in [3.63, 3.8) is 0 Å². The van der Waals surface area contributed by atoms with Gasteiger partial charge in [0.05, 0.1) is 5.69 Å². The molecular formula is C17H23N3O. The molecule has 0 amide bonds. The normalized spacial score (nSPS) is 11.2. The number of nitrogens with one attached hydrogen (secondary N) is 1. The molecule has 0 saturated heterocycles. The second kappa shape index (κ2) is 6.04. The number of nitrogen functional groups attached to an aromatic ring is 1. The van der Waals surface area contributed by atoms with Crippen molar-refractivity contribution in [1.29, 1.82) is 0 Å². The van der Waals surface area contributed by atoms with Crippen molar-refractivity contribution in [3.05, 3.63) is 47.5 Å². The Morgan fingerprint density at radius 2 is 1.86 bits per heavy atom. The Balaban J connectivity index is 2.11. The van der Waals surface area contributed by atoms with Crippen LogP contribution in [0.3, 0.4) is 0 Å².